The topological polar surface area (TPSA) is 71.0 Å². The van der Waals surface area contributed by atoms with Gasteiger partial charge in [0.25, 0.3) is 0 Å². The van der Waals surface area contributed by atoms with Crippen LogP contribution < -0.4 is 15.0 Å². The van der Waals surface area contributed by atoms with Gasteiger partial charge in [0, 0.05) is 30.7 Å². The molecule has 2 aliphatic heterocycles. The van der Waals surface area contributed by atoms with Gasteiger partial charge in [-0.05, 0) is 61.9 Å². The Kier molecular flexibility index (Phi) is 6.81. The van der Waals surface area contributed by atoms with Crippen LogP contribution in [0.3, 0.4) is 0 Å². The summed E-state index contributed by atoms with van der Waals surface area (Å²) in [5.74, 6) is -0.600. The summed E-state index contributed by atoms with van der Waals surface area (Å²) in [6.45, 7) is 4.07. The lowest BCUT2D eigenvalue weighted by Gasteiger charge is -2.35. The number of carboxylic acids is 1. The number of carbonyl (C=O) groups is 1. The van der Waals surface area contributed by atoms with Gasteiger partial charge in [-0.3, -0.25) is 0 Å². The van der Waals surface area contributed by atoms with Gasteiger partial charge in [-0.25, -0.2) is 4.79 Å². The minimum Gasteiger partial charge on any atom is -0.489 e. The van der Waals surface area contributed by atoms with Crippen molar-refractivity contribution in [3.8, 4) is 5.75 Å². The van der Waals surface area contributed by atoms with Crippen LogP contribution in [0.1, 0.15) is 35.7 Å². The first-order valence-electron chi connectivity index (χ1n) is 11.0. The van der Waals surface area contributed by atoms with Crippen molar-refractivity contribution in [3.05, 3.63) is 59.7 Å². The first-order chi connectivity index (χ1) is 15.7. The van der Waals surface area contributed by atoms with E-state index in [1.165, 1.54) is 12.1 Å². The molecule has 9 heteroatoms. The number of morpholine rings is 1. The molecule has 2 aliphatic rings. The van der Waals surface area contributed by atoms with Gasteiger partial charge in [-0.1, -0.05) is 0 Å². The molecule has 2 aromatic rings. The maximum Gasteiger partial charge on any atom is 0.416 e. The molecular formula is C24H27F3N2O4. The fourth-order valence-electron chi connectivity index (χ4n) is 4.52. The lowest BCUT2D eigenvalue weighted by Crippen LogP contribution is -2.49. The minimum atomic E-state index is -4.39. The molecule has 4 atom stereocenters. The van der Waals surface area contributed by atoms with Gasteiger partial charge in [0.1, 0.15) is 11.9 Å². The SMILES string of the molecule is CC1NCCOC1C[C@@H]1C[C@@H](Oc2ccc(C(F)(F)F)cc2)CN1c1ccc(C(=O)O)cc1. The first kappa shape index (κ1) is 23.4. The Bertz CT molecular complexity index is 950. The van der Waals surface area contributed by atoms with Crippen LogP contribution in [0.2, 0.25) is 0 Å². The summed E-state index contributed by atoms with van der Waals surface area (Å²) in [7, 11) is 0. The normalized spacial score (nSPS) is 25.8. The number of alkyl halides is 3. The van der Waals surface area contributed by atoms with E-state index in [9.17, 15) is 23.1 Å². The second kappa shape index (κ2) is 9.61. The fourth-order valence-corrected chi connectivity index (χ4v) is 4.52. The lowest BCUT2D eigenvalue weighted by molar-refractivity contribution is -0.137. The van der Waals surface area contributed by atoms with Gasteiger partial charge >= 0.3 is 12.1 Å². The van der Waals surface area contributed by atoms with E-state index in [2.05, 4.69) is 17.1 Å². The van der Waals surface area contributed by atoms with Crippen molar-refractivity contribution >= 4 is 11.7 Å². The molecule has 0 aliphatic carbocycles. The predicted molar refractivity (Wildman–Crippen MR) is 117 cm³/mol. The highest BCUT2D eigenvalue weighted by Crippen LogP contribution is 2.34. The van der Waals surface area contributed by atoms with Crippen molar-refractivity contribution in [2.45, 2.75) is 50.2 Å². The molecule has 2 fully saturated rings. The molecule has 0 amide bonds. The van der Waals surface area contributed by atoms with Crippen LogP contribution >= 0.6 is 0 Å². The summed E-state index contributed by atoms with van der Waals surface area (Å²) in [6, 6.07) is 11.7. The van der Waals surface area contributed by atoms with E-state index in [4.69, 9.17) is 9.47 Å². The van der Waals surface area contributed by atoms with Gasteiger partial charge in [-0.15, -0.1) is 0 Å². The van der Waals surface area contributed by atoms with Crippen LogP contribution in [0.4, 0.5) is 18.9 Å². The third kappa shape index (κ3) is 5.59. The van der Waals surface area contributed by atoms with Crippen molar-refractivity contribution in [2.24, 2.45) is 0 Å². The molecule has 2 unspecified atom stereocenters. The minimum absolute atomic E-state index is 0.0226. The van der Waals surface area contributed by atoms with E-state index in [-0.39, 0.29) is 29.9 Å². The Morgan fingerprint density at radius 3 is 2.48 bits per heavy atom. The maximum atomic E-state index is 12.8. The van der Waals surface area contributed by atoms with Crippen molar-refractivity contribution < 1.29 is 32.5 Å². The number of hydrogen-bond donors (Lipinski definition) is 2. The third-order valence-corrected chi connectivity index (χ3v) is 6.27. The quantitative estimate of drug-likeness (QED) is 0.668. The highest BCUT2D eigenvalue weighted by atomic mass is 19.4. The lowest BCUT2D eigenvalue weighted by atomic mass is 10.00. The van der Waals surface area contributed by atoms with Gasteiger partial charge in [0.2, 0.25) is 0 Å². The second-order valence-corrected chi connectivity index (χ2v) is 8.54. The number of ether oxygens (including phenoxy) is 2. The molecule has 2 saturated heterocycles. The number of nitrogens with one attached hydrogen (secondary N) is 1. The van der Waals surface area contributed by atoms with Crippen LogP contribution in [0.25, 0.3) is 0 Å². The average Bonchev–Trinajstić information content (AvgIpc) is 3.17. The van der Waals surface area contributed by atoms with Crippen LogP contribution in [-0.4, -0.2) is 55.1 Å². The molecular weight excluding hydrogens is 437 g/mol. The number of carboxylic acid groups (broad SMARTS) is 1. The summed E-state index contributed by atoms with van der Waals surface area (Å²) < 4.78 is 50.6. The van der Waals surface area contributed by atoms with E-state index < -0.39 is 17.7 Å². The zero-order valence-corrected chi connectivity index (χ0v) is 18.2. The third-order valence-electron chi connectivity index (χ3n) is 6.27. The van der Waals surface area contributed by atoms with Crippen molar-refractivity contribution in [1.82, 2.24) is 5.32 Å². The molecule has 0 bridgehead atoms. The molecule has 0 radical (unpaired) electrons. The van der Waals surface area contributed by atoms with E-state index in [0.717, 1.165) is 30.8 Å². The van der Waals surface area contributed by atoms with Crippen molar-refractivity contribution in [2.75, 3.05) is 24.6 Å². The van der Waals surface area contributed by atoms with Crippen molar-refractivity contribution in [1.29, 1.82) is 0 Å². The number of nitrogens with zero attached hydrogens (tertiary/aromatic N) is 1. The standard InChI is InChI=1S/C24H27F3N2O4/c1-15-22(32-11-10-28-15)13-19-12-21(33-20-8-4-17(5-9-20)24(25,26)27)14-29(19)18-6-2-16(3-7-18)23(30)31/h2-9,15,19,21-22,28H,10-14H2,1H3,(H,30,31)/t15?,19-,21+,22?/m0/s1. The molecule has 178 valence electrons. The Morgan fingerprint density at radius 2 is 1.88 bits per heavy atom. The molecule has 2 N–H and O–H groups in total. The largest absolute Gasteiger partial charge is 0.489 e. The van der Waals surface area contributed by atoms with Crippen molar-refractivity contribution in [3.63, 3.8) is 0 Å². The van der Waals surface area contributed by atoms with Crippen LogP contribution in [-0.2, 0) is 10.9 Å². The number of rotatable bonds is 6. The summed E-state index contributed by atoms with van der Waals surface area (Å²) in [5.41, 5.74) is 0.371. The van der Waals surface area contributed by atoms with E-state index in [1.54, 1.807) is 24.3 Å². The monoisotopic (exact) mass is 464 g/mol. The molecule has 2 aromatic carbocycles. The highest BCUT2D eigenvalue weighted by Gasteiger charge is 2.37. The fraction of sp³-hybridized carbons (Fsp3) is 0.458. The van der Waals surface area contributed by atoms with Gasteiger partial charge < -0.3 is 24.8 Å². The van der Waals surface area contributed by atoms with Crippen LogP contribution in [0.5, 0.6) is 5.75 Å². The highest BCUT2D eigenvalue weighted by molar-refractivity contribution is 5.88. The molecule has 4 rings (SSSR count). The molecule has 2 heterocycles. The number of halogens is 3. The predicted octanol–water partition coefficient (Wildman–Crippen LogP) is 4.20. The Hall–Kier alpha value is -2.78. The Balaban J connectivity index is 1.50. The Morgan fingerprint density at radius 1 is 1.18 bits per heavy atom. The average molecular weight is 464 g/mol. The molecule has 0 aromatic heterocycles. The van der Waals surface area contributed by atoms with E-state index in [0.29, 0.717) is 25.3 Å². The van der Waals surface area contributed by atoms with Crippen LogP contribution in [0.15, 0.2) is 48.5 Å². The number of anilines is 1. The smallest absolute Gasteiger partial charge is 0.416 e. The summed E-state index contributed by atoms with van der Waals surface area (Å²) in [4.78, 5) is 13.4. The molecule has 6 nitrogen and oxygen atoms in total. The molecule has 33 heavy (non-hydrogen) atoms. The molecule has 0 spiro atoms. The maximum absolute atomic E-state index is 12.8. The number of aromatic carboxylic acids is 1. The number of hydrogen-bond acceptors (Lipinski definition) is 5. The summed E-state index contributed by atoms with van der Waals surface area (Å²) in [6.07, 6.45) is -3.16. The van der Waals surface area contributed by atoms with E-state index in [1.807, 2.05) is 0 Å². The van der Waals surface area contributed by atoms with E-state index >= 15 is 0 Å². The zero-order valence-electron chi connectivity index (χ0n) is 18.2. The van der Waals surface area contributed by atoms with Crippen LogP contribution in [0, 0.1) is 0 Å². The van der Waals surface area contributed by atoms with Gasteiger partial charge in [0.15, 0.2) is 0 Å². The molecule has 0 saturated carbocycles. The number of benzene rings is 2. The summed E-state index contributed by atoms with van der Waals surface area (Å²) in [5, 5.41) is 12.6. The zero-order chi connectivity index (χ0) is 23.6. The second-order valence-electron chi connectivity index (χ2n) is 8.54. The van der Waals surface area contributed by atoms with Gasteiger partial charge in [-0.2, -0.15) is 13.2 Å². The Labute approximate surface area is 190 Å². The first-order valence-corrected chi connectivity index (χ1v) is 11.0. The van der Waals surface area contributed by atoms with Gasteiger partial charge in [0.05, 0.1) is 30.4 Å². The summed E-state index contributed by atoms with van der Waals surface area (Å²) >= 11 is 0.